The molecule has 5 nitrogen and oxygen atoms in total. The molecule has 0 heterocycles. The molecule has 0 radical (unpaired) electrons. The van der Waals surface area contributed by atoms with E-state index in [4.69, 9.17) is 52.0 Å². The lowest BCUT2D eigenvalue weighted by Crippen LogP contribution is -2.06. The molecule has 0 saturated carbocycles. The average Bonchev–Trinajstić information content (AvgIpc) is 3.02. The van der Waals surface area contributed by atoms with Gasteiger partial charge in [-0.1, -0.05) is 60.7 Å². The van der Waals surface area contributed by atoms with Crippen molar-refractivity contribution in [3.8, 4) is 0 Å². The molecule has 0 aromatic heterocycles. The van der Waals surface area contributed by atoms with E-state index in [-0.39, 0.29) is 45.5 Å². The first-order chi connectivity index (χ1) is 21.0. The average molecular weight is 665 g/mol. The Labute approximate surface area is 273 Å². The van der Waals surface area contributed by atoms with Crippen LogP contribution in [-0.2, 0) is 13.0 Å². The van der Waals surface area contributed by atoms with Gasteiger partial charge in [-0.25, -0.2) is 8.78 Å². The lowest BCUT2D eigenvalue weighted by molar-refractivity contribution is 0.0979. The van der Waals surface area contributed by atoms with E-state index in [1.54, 1.807) is 13.8 Å². The summed E-state index contributed by atoms with van der Waals surface area (Å²) in [5.74, 6) is -1.24. The van der Waals surface area contributed by atoms with Gasteiger partial charge in [0.15, 0.2) is 11.6 Å². The predicted octanol–water partition coefficient (Wildman–Crippen LogP) is 8.63. The number of carbonyl (C=O) groups excluding carboxylic acids is 2. The monoisotopic (exact) mass is 663 g/mol. The van der Waals surface area contributed by atoms with Gasteiger partial charge in [0.2, 0.25) is 0 Å². The van der Waals surface area contributed by atoms with E-state index in [1.165, 1.54) is 29.3 Å². The molecule has 10 heteroatoms. The summed E-state index contributed by atoms with van der Waals surface area (Å²) in [5, 5.41) is 0.194. The third-order valence-corrected chi connectivity index (χ3v) is 6.42. The fourth-order valence-electron chi connectivity index (χ4n) is 3.80. The molecule has 44 heavy (non-hydrogen) atoms. The van der Waals surface area contributed by atoms with Gasteiger partial charge in [-0.15, -0.1) is 34.8 Å². The van der Waals surface area contributed by atoms with Gasteiger partial charge in [-0.05, 0) is 73.2 Å². The van der Waals surface area contributed by atoms with Crippen LogP contribution in [-0.4, -0.2) is 22.8 Å². The number of Topliss-reactive ketones (excluding diaryl/α,β-unsaturated/α-hetero) is 2. The number of rotatable bonds is 8. The Morgan fingerprint density at radius 1 is 0.682 bits per heavy atom. The highest BCUT2D eigenvalue weighted by molar-refractivity contribution is 6.40. The van der Waals surface area contributed by atoms with E-state index in [1.807, 2.05) is 60.7 Å². The standard InChI is InChI=1S/C17H18FNO.C9H9ClFNO.C7H9N.CH2Cl2/c1-12-10-14(16(19)11-15(12)18)17(20)9-5-8-13-6-3-2-4-7-13;1-5-2-6(9(13)4-10)8(12)3-7(5)11;8-6-7-4-2-1-3-5-7;2-1-3/h2-4,6-7,10-11H,5,8-9,19H2,1H3;2-3H,4,12H2,1H3;1-5H,6,8H2;1H2. The lowest BCUT2D eigenvalue weighted by atomic mass is 10.00. The van der Waals surface area contributed by atoms with Crippen molar-refractivity contribution in [2.45, 2.75) is 39.7 Å². The zero-order valence-electron chi connectivity index (χ0n) is 24.8. The fraction of sp³-hybridized carbons (Fsp3) is 0.235. The normalized spacial score (nSPS) is 9.82. The summed E-state index contributed by atoms with van der Waals surface area (Å²) in [5.41, 5.74) is 20.8. The van der Waals surface area contributed by atoms with E-state index >= 15 is 0 Å². The molecule has 0 unspecified atom stereocenters. The maximum Gasteiger partial charge on any atom is 0.179 e. The summed E-state index contributed by atoms with van der Waals surface area (Å²) < 4.78 is 26.2. The number of halogens is 5. The van der Waals surface area contributed by atoms with Gasteiger partial charge in [0.25, 0.3) is 0 Å². The zero-order chi connectivity index (χ0) is 33.1. The molecule has 0 amide bonds. The van der Waals surface area contributed by atoms with Crippen LogP contribution in [0.4, 0.5) is 20.2 Å². The van der Waals surface area contributed by atoms with Gasteiger partial charge in [-0.3, -0.25) is 9.59 Å². The minimum atomic E-state index is -0.413. The van der Waals surface area contributed by atoms with Crippen molar-refractivity contribution in [3.63, 3.8) is 0 Å². The Morgan fingerprint density at radius 3 is 1.48 bits per heavy atom. The van der Waals surface area contributed by atoms with Crippen molar-refractivity contribution in [2.75, 3.05) is 22.7 Å². The van der Waals surface area contributed by atoms with Crippen LogP contribution in [0.5, 0.6) is 0 Å². The maximum atomic E-state index is 13.3. The van der Waals surface area contributed by atoms with Crippen LogP contribution >= 0.6 is 34.8 Å². The zero-order valence-corrected chi connectivity index (χ0v) is 27.0. The van der Waals surface area contributed by atoms with Crippen LogP contribution in [0.3, 0.4) is 0 Å². The van der Waals surface area contributed by atoms with Crippen LogP contribution < -0.4 is 17.2 Å². The number of carbonyl (C=O) groups is 2. The number of anilines is 2. The molecular weight excluding hydrogens is 627 g/mol. The summed E-state index contributed by atoms with van der Waals surface area (Å²) >= 11 is 14.9. The Morgan fingerprint density at radius 2 is 1.09 bits per heavy atom. The van der Waals surface area contributed by atoms with Crippen LogP contribution in [0.25, 0.3) is 0 Å². The van der Waals surface area contributed by atoms with Crippen LogP contribution in [0.2, 0.25) is 0 Å². The summed E-state index contributed by atoms with van der Waals surface area (Å²) in [6.07, 6.45) is 2.04. The van der Waals surface area contributed by atoms with Crippen molar-refractivity contribution in [2.24, 2.45) is 5.73 Å². The molecule has 6 N–H and O–H groups in total. The van der Waals surface area contributed by atoms with Crippen molar-refractivity contribution in [1.82, 2.24) is 0 Å². The quantitative estimate of drug-likeness (QED) is 0.0992. The highest BCUT2D eigenvalue weighted by atomic mass is 35.5. The Hall–Kier alpha value is -3.49. The largest absolute Gasteiger partial charge is 0.398 e. The SMILES string of the molecule is Cc1cc(C(=O)CCCc2ccccc2)c(N)cc1F.Cc1cc(C(=O)CCl)c(N)cc1F.ClCCl.NCc1ccccc1. The first kappa shape index (κ1) is 38.5. The van der Waals surface area contributed by atoms with E-state index in [0.29, 0.717) is 29.7 Å². The first-order valence-corrected chi connectivity index (χ1v) is 15.2. The molecule has 4 aromatic carbocycles. The minimum absolute atomic E-state index is 0.0264. The first-order valence-electron chi connectivity index (χ1n) is 13.6. The molecule has 4 rings (SSSR count). The van der Waals surface area contributed by atoms with Crippen molar-refractivity contribution >= 4 is 57.7 Å². The smallest absolute Gasteiger partial charge is 0.179 e. The van der Waals surface area contributed by atoms with Gasteiger partial charge >= 0.3 is 0 Å². The number of benzene rings is 4. The molecule has 0 aliphatic carbocycles. The molecule has 236 valence electrons. The van der Waals surface area contributed by atoms with Gasteiger partial charge < -0.3 is 17.2 Å². The molecular formula is C34H38Cl3F2N3O2. The second kappa shape index (κ2) is 21.3. The third-order valence-electron chi connectivity index (χ3n) is 6.17. The highest BCUT2D eigenvalue weighted by Gasteiger charge is 2.13. The number of hydrogen-bond acceptors (Lipinski definition) is 5. The van der Waals surface area contributed by atoms with Gasteiger partial charge in [-0.2, -0.15) is 0 Å². The second-order valence-corrected chi connectivity index (χ2v) is 10.6. The molecule has 0 aliphatic rings. The van der Waals surface area contributed by atoms with Crippen molar-refractivity contribution < 1.29 is 18.4 Å². The Bertz CT molecular complexity index is 1460. The topological polar surface area (TPSA) is 112 Å². The van der Waals surface area contributed by atoms with Crippen LogP contribution in [0, 0.1) is 25.5 Å². The van der Waals surface area contributed by atoms with Gasteiger partial charge in [0.05, 0.1) is 11.2 Å². The summed E-state index contributed by atoms with van der Waals surface area (Å²) in [4.78, 5) is 23.3. The van der Waals surface area contributed by atoms with Gasteiger partial charge in [0.1, 0.15) is 11.6 Å². The molecule has 0 saturated heterocycles. The molecule has 0 fully saturated rings. The summed E-state index contributed by atoms with van der Waals surface area (Å²) in [7, 11) is 0. The molecule has 0 spiro atoms. The number of hydrogen-bond donors (Lipinski definition) is 3. The van der Waals surface area contributed by atoms with E-state index in [9.17, 15) is 18.4 Å². The van der Waals surface area contributed by atoms with E-state index in [0.717, 1.165) is 18.9 Å². The number of aryl methyl sites for hydroxylation is 3. The predicted molar refractivity (Wildman–Crippen MR) is 181 cm³/mol. The summed E-state index contributed by atoms with van der Waals surface area (Å²) in [6, 6.07) is 25.3. The fourth-order valence-corrected chi connectivity index (χ4v) is 3.94. The summed E-state index contributed by atoms with van der Waals surface area (Å²) in [6.45, 7) is 3.84. The lowest BCUT2D eigenvalue weighted by Gasteiger charge is -2.07. The highest BCUT2D eigenvalue weighted by Crippen LogP contribution is 2.20. The Balaban J connectivity index is 0.000000344. The van der Waals surface area contributed by atoms with Crippen molar-refractivity contribution in [3.05, 3.63) is 130 Å². The number of nitrogen functional groups attached to an aromatic ring is 2. The third kappa shape index (κ3) is 13.9. The molecule has 0 aliphatic heterocycles. The maximum absolute atomic E-state index is 13.3. The van der Waals surface area contributed by atoms with Crippen LogP contribution in [0.1, 0.15) is 55.8 Å². The number of alkyl halides is 3. The van der Waals surface area contributed by atoms with Gasteiger partial charge in [0, 0.05) is 35.5 Å². The Kier molecular flexibility index (Phi) is 18.6. The second-order valence-electron chi connectivity index (χ2n) is 9.49. The minimum Gasteiger partial charge on any atom is -0.398 e. The van der Waals surface area contributed by atoms with E-state index in [2.05, 4.69) is 0 Å². The molecule has 0 atom stereocenters. The number of nitrogens with two attached hydrogens (primary N) is 3. The molecule has 0 bridgehead atoms. The number of ketones is 2. The molecule has 4 aromatic rings. The van der Waals surface area contributed by atoms with Crippen LogP contribution in [0.15, 0.2) is 84.9 Å². The van der Waals surface area contributed by atoms with Crippen molar-refractivity contribution in [1.29, 1.82) is 0 Å². The van der Waals surface area contributed by atoms with E-state index < -0.39 is 5.82 Å².